The number of rotatable bonds is 7. The number of nitrogens with one attached hydrogen (secondary N) is 1. The van der Waals surface area contributed by atoms with Crippen LogP contribution in [0.1, 0.15) is 18.7 Å². The maximum atomic E-state index is 14.0. The number of para-hydroxylation sites is 1. The van der Waals surface area contributed by atoms with E-state index in [-0.39, 0.29) is 40.9 Å². The molecule has 3 N–H and O–H groups in total. The van der Waals surface area contributed by atoms with Crippen LogP contribution in [-0.4, -0.2) is 30.6 Å². The average molecular weight is 505 g/mol. The summed E-state index contributed by atoms with van der Waals surface area (Å²) in [7, 11) is -3.66. The van der Waals surface area contributed by atoms with Crippen LogP contribution in [0, 0.1) is 0 Å². The predicted molar refractivity (Wildman–Crippen MR) is 119 cm³/mol. The van der Waals surface area contributed by atoms with Crippen molar-refractivity contribution in [2.24, 2.45) is 5.73 Å². The van der Waals surface area contributed by atoms with E-state index in [1.165, 1.54) is 30.3 Å². The van der Waals surface area contributed by atoms with Gasteiger partial charge in [0.2, 0.25) is 15.8 Å². The Labute approximate surface area is 193 Å². The molecule has 2 aromatic carbocycles. The smallest absolute Gasteiger partial charge is 0.327 e. The number of hydrogen-bond acceptors (Lipinski definition) is 4. The zero-order chi connectivity index (χ0) is 23.1. The molecule has 6 nitrogen and oxygen atoms in total. The number of imidazole rings is 1. The van der Waals surface area contributed by atoms with Gasteiger partial charge in [0, 0.05) is 18.2 Å². The van der Waals surface area contributed by atoms with Crippen LogP contribution in [0.15, 0.2) is 59.3 Å². The Bertz CT molecular complexity index is 1280. The summed E-state index contributed by atoms with van der Waals surface area (Å²) >= 11 is 0. The largest absolute Gasteiger partial charge is 0.449 e. The summed E-state index contributed by atoms with van der Waals surface area (Å²) in [4.78, 5) is 3.84. The van der Waals surface area contributed by atoms with Crippen LogP contribution in [0.25, 0.3) is 22.2 Å². The molecule has 1 aromatic heterocycles. The lowest BCUT2D eigenvalue weighted by Crippen LogP contribution is -2.25. The van der Waals surface area contributed by atoms with Gasteiger partial charge in [0.15, 0.2) is 0 Å². The number of halogens is 5. The van der Waals surface area contributed by atoms with Crippen molar-refractivity contribution < 1.29 is 26.0 Å². The summed E-state index contributed by atoms with van der Waals surface area (Å²) in [6.07, 6.45) is -2.20. The highest BCUT2D eigenvalue weighted by molar-refractivity contribution is 7.89. The number of allylic oxidation sites excluding steroid dienone is 1. The first-order valence-electron chi connectivity index (χ1n) is 9.84. The predicted octanol–water partition coefficient (Wildman–Crippen LogP) is 4.40. The highest BCUT2D eigenvalue weighted by Crippen LogP contribution is 2.36. The minimum absolute atomic E-state index is 0. The number of alkyl halides is 3. The number of aromatic nitrogens is 2. The SMILES string of the molecule is Cl.NCC=C(F)Cn1c(C(F)(F)F)nc2c(-c3ccc(S(=O)(=O)NC4CC4)cc3)cccc21. The zero-order valence-electron chi connectivity index (χ0n) is 17.1. The number of sulfonamides is 1. The lowest BCUT2D eigenvalue weighted by Gasteiger charge is -2.10. The Morgan fingerprint density at radius 2 is 1.85 bits per heavy atom. The number of fused-ring (bicyclic) bond motifs is 1. The van der Waals surface area contributed by atoms with Gasteiger partial charge >= 0.3 is 6.18 Å². The van der Waals surface area contributed by atoms with E-state index in [1.807, 2.05) is 0 Å². The second kappa shape index (κ2) is 9.41. The van der Waals surface area contributed by atoms with E-state index in [1.54, 1.807) is 12.1 Å². The molecule has 1 heterocycles. The summed E-state index contributed by atoms with van der Waals surface area (Å²) in [5, 5.41) is 0. The van der Waals surface area contributed by atoms with Crippen molar-refractivity contribution in [3.63, 3.8) is 0 Å². The molecule has 3 aromatic rings. The molecular weight excluding hydrogens is 484 g/mol. The fourth-order valence-corrected chi connectivity index (χ4v) is 4.71. The highest BCUT2D eigenvalue weighted by Gasteiger charge is 2.38. The first-order chi connectivity index (χ1) is 15.1. The van der Waals surface area contributed by atoms with Gasteiger partial charge in [-0.05, 0) is 42.7 Å². The molecule has 1 fully saturated rings. The van der Waals surface area contributed by atoms with Crippen LogP contribution in [0.2, 0.25) is 0 Å². The Hall–Kier alpha value is -2.47. The molecular formula is C21H21ClF4N4O2S. The van der Waals surface area contributed by atoms with Crippen LogP contribution in [0.3, 0.4) is 0 Å². The van der Waals surface area contributed by atoms with Gasteiger partial charge in [-0.1, -0.05) is 24.3 Å². The maximum Gasteiger partial charge on any atom is 0.449 e. The van der Waals surface area contributed by atoms with Gasteiger partial charge in [-0.25, -0.2) is 22.5 Å². The molecule has 0 unspecified atom stereocenters. The van der Waals surface area contributed by atoms with Crippen molar-refractivity contribution in [1.29, 1.82) is 0 Å². The summed E-state index contributed by atoms with van der Waals surface area (Å²) in [6, 6.07) is 10.3. The topological polar surface area (TPSA) is 90.0 Å². The van der Waals surface area contributed by atoms with Gasteiger partial charge in [0.1, 0.15) is 5.83 Å². The van der Waals surface area contributed by atoms with Gasteiger partial charge in [0.25, 0.3) is 0 Å². The molecule has 1 saturated carbocycles. The van der Waals surface area contributed by atoms with Crippen LogP contribution in [-0.2, 0) is 22.7 Å². The van der Waals surface area contributed by atoms with Crippen molar-refractivity contribution in [1.82, 2.24) is 14.3 Å². The summed E-state index contributed by atoms with van der Waals surface area (Å²) < 4.78 is 83.0. The molecule has 178 valence electrons. The molecule has 4 rings (SSSR count). The van der Waals surface area contributed by atoms with Gasteiger partial charge in [-0.15, -0.1) is 12.4 Å². The minimum atomic E-state index is -4.80. The fraction of sp³-hybridized carbons (Fsp3) is 0.286. The molecule has 0 atom stereocenters. The molecule has 0 aliphatic heterocycles. The van der Waals surface area contributed by atoms with Gasteiger partial charge in [-0.2, -0.15) is 13.2 Å². The maximum absolute atomic E-state index is 14.0. The number of nitrogens with zero attached hydrogens (tertiary/aromatic N) is 2. The van der Waals surface area contributed by atoms with Crippen LogP contribution in [0.5, 0.6) is 0 Å². The minimum Gasteiger partial charge on any atom is -0.327 e. The monoisotopic (exact) mass is 504 g/mol. The molecule has 33 heavy (non-hydrogen) atoms. The first-order valence-corrected chi connectivity index (χ1v) is 11.3. The molecule has 0 radical (unpaired) electrons. The average Bonchev–Trinajstić information content (AvgIpc) is 3.45. The summed E-state index contributed by atoms with van der Waals surface area (Å²) in [5.74, 6) is -2.03. The quantitative estimate of drug-likeness (QED) is 0.467. The number of hydrogen-bond donors (Lipinski definition) is 2. The van der Waals surface area contributed by atoms with Gasteiger partial charge < -0.3 is 10.3 Å². The molecule has 1 aliphatic carbocycles. The number of benzene rings is 2. The Morgan fingerprint density at radius 3 is 2.42 bits per heavy atom. The van der Waals surface area contributed by atoms with E-state index in [9.17, 15) is 26.0 Å². The van der Waals surface area contributed by atoms with E-state index in [4.69, 9.17) is 5.73 Å². The Kier molecular flexibility index (Phi) is 7.18. The van der Waals surface area contributed by atoms with E-state index in [0.29, 0.717) is 11.1 Å². The Morgan fingerprint density at radius 1 is 1.18 bits per heavy atom. The highest BCUT2D eigenvalue weighted by atomic mass is 35.5. The Balaban J connectivity index is 0.00000306. The summed E-state index contributed by atoms with van der Waals surface area (Å²) in [5.41, 5.74) is 6.24. The molecule has 12 heteroatoms. The lowest BCUT2D eigenvalue weighted by atomic mass is 10.0. The lowest BCUT2D eigenvalue weighted by molar-refractivity contribution is -0.146. The van der Waals surface area contributed by atoms with Crippen molar-refractivity contribution in [2.45, 2.75) is 36.5 Å². The van der Waals surface area contributed by atoms with E-state index in [0.717, 1.165) is 23.5 Å². The third-order valence-corrected chi connectivity index (χ3v) is 6.59. The normalized spacial score (nSPS) is 15.0. The van der Waals surface area contributed by atoms with Crippen molar-refractivity contribution >= 4 is 33.5 Å². The van der Waals surface area contributed by atoms with Crippen molar-refractivity contribution in [3.05, 3.63) is 60.2 Å². The van der Waals surface area contributed by atoms with Crippen LogP contribution < -0.4 is 10.5 Å². The van der Waals surface area contributed by atoms with Crippen LogP contribution >= 0.6 is 12.4 Å². The first kappa shape index (κ1) is 25.2. The molecule has 1 aliphatic rings. The molecule has 0 spiro atoms. The van der Waals surface area contributed by atoms with E-state index >= 15 is 0 Å². The standard InChI is InChI=1S/C21H20F4N4O2S.ClH/c22-14(10-11-26)12-29-18-3-1-2-17(19(18)27-20(29)21(23,24)25)13-4-8-16(9-5-13)32(30,31)28-15-6-7-15;/h1-5,8-10,15,28H,6-7,11-12,26H2;1H. The molecule has 0 bridgehead atoms. The third kappa shape index (κ3) is 5.37. The van der Waals surface area contributed by atoms with Crippen molar-refractivity contribution in [2.75, 3.05) is 6.54 Å². The second-order valence-electron chi connectivity index (χ2n) is 7.50. The fourth-order valence-electron chi connectivity index (χ4n) is 3.40. The molecule has 0 amide bonds. The second-order valence-corrected chi connectivity index (χ2v) is 9.21. The summed E-state index contributed by atoms with van der Waals surface area (Å²) in [6.45, 7) is -0.800. The van der Waals surface area contributed by atoms with Crippen molar-refractivity contribution in [3.8, 4) is 11.1 Å². The third-order valence-electron chi connectivity index (χ3n) is 5.06. The van der Waals surface area contributed by atoms with Gasteiger partial charge in [0.05, 0.1) is 22.5 Å². The van der Waals surface area contributed by atoms with E-state index in [2.05, 4.69) is 9.71 Å². The number of nitrogens with two attached hydrogens (primary N) is 1. The zero-order valence-corrected chi connectivity index (χ0v) is 18.8. The molecule has 0 saturated heterocycles. The van der Waals surface area contributed by atoms with E-state index < -0.39 is 34.4 Å². The van der Waals surface area contributed by atoms with Crippen LogP contribution in [0.4, 0.5) is 17.6 Å². The van der Waals surface area contributed by atoms with Gasteiger partial charge in [-0.3, -0.25) is 0 Å².